The van der Waals surface area contributed by atoms with Crippen LogP contribution in [0.1, 0.15) is 0 Å². The standard InChI is InChI=1S/C6H4BCl2FO3/c8-5-2-1-4(3-6(5)9)12-7(11)13-10/h1-3,11H. The molecule has 1 aromatic rings. The van der Waals surface area contributed by atoms with Gasteiger partial charge in [-0.25, -0.2) is 0 Å². The highest BCUT2D eigenvalue weighted by Gasteiger charge is 2.19. The predicted molar refractivity (Wildman–Crippen MR) is 47.3 cm³/mol. The highest BCUT2D eigenvalue weighted by atomic mass is 35.5. The lowest BCUT2D eigenvalue weighted by Gasteiger charge is -2.05. The molecule has 1 N–H and O–H groups in total. The normalized spacial score (nSPS) is 9.85. The van der Waals surface area contributed by atoms with Crippen LogP contribution in [-0.4, -0.2) is 12.3 Å². The Morgan fingerprint density at radius 1 is 1.31 bits per heavy atom. The van der Waals surface area contributed by atoms with Crippen LogP contribution in [0.5, 0.6) is 5.75 Å². The summed E-state index contributed by atoms with van der Waals surface area (Å²) in [4.78, 5) is 2.98. The van der Waals surface area contributed by atoms with Crippen molar-refractivity contribution in [1.82, 2.24) is 0 Å². The van der Waals surface area contributed by atoms with Crippen molar-refractivity contribution in [1.29, 1.82) is 0 Å². The van der Waals surface area contributed by atoms with Gasteiger partial charge in [-0.1, -0.05) is 27.7 Å². The monoisotopic (exact) mass is 224 g/mol. The number of halogens is 3. The minimum Gasteiger partial charge on any atom is -0.510 e. The third-order valence-corrected chi connectivity index (χ3v) is 1.94. The van der Waals surface area contributed by atoms with Gasteiger partial charge in [0.15, 0.2) is 0 Å². The first-order chi connectivity index (χ1) is 6.13. The van der Waals surface area contributed by atoms with Gasteiger partial charge in [-0.3, -0.25) is 0 Å². The largest absolute Gasteiger partial charge is 0.743 e. The molecule has 0 fully saturated rings. The molecule has 7 heteroatoms. The smallest absolute Gasteiger partial charge is 0.510 e. The molecule has 0 aliphatic rings. The molecular weight excluding hydrogens is 221 g/mol. The molecule has 0 radical (unpaired) electrons. The summed E-state index contributed by atoms with van der Waals surface area (Å²) in [6.07, 6.45) is 0. The van der Waals surface area contributed by atoms with Crippen molar-refractivity contribution in [3.8, 4) is 5.75 Å². The van der Waals surface area contributed by atoms with Crippen LogP contribution in [0, 0.1) is 0 Å². The van der Waals surface area contributed by atoms with Crippen molar-refractivity contribution >= 4 is 30.5 Å². The molecule has 0 unspecified atom stereocenters. The van der Waals surface area contributed by atoms with Gasteiger partial charge >= 0.3 is 7.32 Å². The number of rotatable bonds is 3. The zero-order chi connectivity index (χ0) is 9.84. The molecule has 0 aliphatic carbocycles. The maximum absolute atomic E-state index is 11.3. The van der Waals surface area contributed by atoms with E-state index in [0.717, 1.165) is 0 Å². The molecule has 70 valence electrons. The summed E-state index contributed by atoms with van der Waals surface area (Å²) in [6.45, 7) is 0. The molecule has 1 rings (SSSR count). The van der Waals surface area contributed by atoms with Crippen molar-refractivity contribution in [2.75, 3.05) is 0 Å². The van der Waals surface area contributed by atoms with Crippen LogP contribution < -0.4 is 4.65 Å². The Morgan fingerprint density at radius 2 is 2.00 bits per heavy atom. The number of hydrogen-bond acceptors (Lipinski definition) is 3. The Morgan fingerprint density at radius 3 is 2.54 bits per heavy atom. The Balaban J connectivity index is 2.73. The molecule has 0 bridgehead atoms. The summed E-state index contributed by atoms with van der Waals surface area (Å²) in [5, 5.41) is 9.15. The van der Waals surface area contributed by atoms with Crippen LogP contribution in [0.3, 0.4) is 0 Å². The van der Waals surface area contributed by atoms with Gasteiger partial charge in [0.1, 0.15) is 5.75 Å². The Hall–Kier alpha value is -0.485. The molecule has 0 aliphatic heterocycles. The van der Waals surface area contributed by atoms with E-state index in [9.17, 15) is 4.53 Å². The fraction of sp³-hybridized carbons (Fsp3) is 0. The number of benzene rings is 1. The van der Waals surface area contributed by atoms with E-state index in [2.05, 4.69) is 9.51 Å². The third kappa shape index (κ3) is 3.04. The fourth-order valence-electron chi connectivity index (χ4n) is 0.685. The van der Waals surface area contributed by atoms with E-state index in [4.69, 9.17) is 28.2 Å². The van der Waals surface area contributed by atoms with E-state index in [1.54, 1.807) is 0 Å². The van der Waals surface area contributed by atoms with Crippen molar-refractivity contribution < 1.29 is 19.1 Å². The van der Waals surface area contributed by atoms with Crippen molar-refractivity contribution in [2.24, 2.45) is 0 Å². The summed E-state index contributed by atoms with van der Waals surface area (Å²) < 4.78 is 15.8. The predicted octanol–water partition coefficient (Wildman–Crippen LogP) is 2.25. The van der Waals surface area contributed by atoms with Crippen LogP contribution in [0.15, 0.2) is 18.2 Å². The van der Waals surface area contributed by atoms with Crippen molar-refractivity contribution in [2.45, 2.75) is 0 Å². The summed E-state index contributed by atoms with van der Waals surface area (Å²) >= 11 is 11.2. The average molecular weight is 225 g/mol. The van der Waals surface area contributed by atoms with Gasteiger partial charge in [-0.15, -0.1) is 0 Å². The lowest BCUT2D eigenvalue weighted by molar-refractivity contribution is -0.0527. The lowest BCUT2D eigenvalue weighted by Crippen LogP contribution is -2.22. The lowest BCUT2D eigenvalue weighted by atomic mass is 10.2. The highest BCUT2D eigenvalue weighted by molar-refractivity contribution is 6.42. The highest BCUT2D eigenvalue weighted by Crippen LogP contribution is 2.26. The second kappa shape index (κ2) is 4.67. The quantitative estimate of drug-likeness (QED) is 0.801. The Kier molecular flexibility index (Phi) is 3.80. The van der Waals surface area contributed by atoms with E-state index >= 15 is 0 Å². The summed E-state index contributed by atoms with van der Waals surface area (Å²) in [5.41, 5.74) is 0. The van der Waals surface area contributed by atoms with Gasteiger partial charge in [0.25, 0.3) is 0 Å². The first-order valence-corrected chi connectivity index (χ1v) is 3.96. The minimum absolute atomic E-state index is 0.152. The topological polar surface area (TPSA) is 38.7 Å². The van der Waals surface area contributed by atoms with Gasteiger partial charge in [0, 0.05) is 0 Å². The van der Waals surface area contributed by atoms with Gasteiger partial charge in [-0.05, 0) is 18.2 Å². The first-order valence-electron chi connectivity index (χ1n) is 3.20. The third-order valence-electron chi connectivity index (χ3n) is 1.20. The first kappa shape index (κ1) is 10.6. The average Bonchev–Trinajstić information content (AvgIpc) is 2.11. The molecular formula is C6H4BCl2FO3. The Bertz CT molecular complexity index is 299. The second-order valence-corrected chi connectivity index (χ2v) is 2.90. The molecule has 13 heavy (non-hydrogen) atoms. The van der Waals surface area contributed by atoms with E-state index in [1.807, 2.05) is 0 Å². The van der Waals surface area contributed by atoms with Crippen molar-refractivity contribution in [3.63, 3.8) is 0 Å². The fourth-order valence-corrected chi connectivity index (χ4v) is 0.973. The summed E-state index contributed by atoms with van der Waals surface area (Å²) in [5.74, 6) is 0.152. The molecule has 0 saturated carbocycles. The van der Waals surface area contributed by atoms with Gasteiger partial charge in [-0.2, -0.15) is 4.86 Å². The van der Waals surface area contributed by atoms with Gasteiger partial charge in [0.05, 0.1) is 10.0 Å². The number of hydrogen-bond donors (Lipinski definition) is 1. The van der Waals surface area contributed by atoms with Crippen LogP contribution in [-0.2, 0) is 4.86 Å². The molecule has 1 aromatic carbocycles. The zero-order valence-corrected chi connectivity index (χ0v) is 7.72. The minimum atomic E-state index is -1.96. The maximum Gasteiger partial charge on any atom is 0.743 e. The van der Waals surface area contributed by atoms with Crippen LogP contribution in [0.25, 0.3) is 0 Å². The molecule has 3 nitrogen and oxygen atoms in total. The molecule has 0 aromatic heterocycles. The maximum atomic E-state index is 11.3. The molecule has 0 spiro atoms. The second-order valence-electron chi connectivity index (χ2n) is 2.09. The SMILES string of the molecule is OB(OF)Oc1ccc(Cl)c(Cl)c1. The van der Waals surface area contributed by atoms with E-state index in [0.29, 0.717) is 5.02 Å². The van der Waals surface area contributed by atoms with E-state index < -0.39 is 7.32 Å². The van der Waals surface area contributed by atoms with Crippen molar-refractivity contribution in [3.05, 3.63) is 28.2 Å². The van der Waals surface area contributed by atoms with Crippen LogP contribution in [0.2, 0.25) is 10.0 Å². The molecule has 0 heterocycles. The van der Waals surface area contributed by atoms with Crippen LogP contribution >= 0.6 is 23.2 Å². The van der Waals surface area contributed by atoms with Gasteiger partial charge < -0.3 is 9.68 Å². The van der Waals surface area contributed by atoms with Crippen LogP contribution in [0.4, 0.5) is 4.53 Å². The van der Waals surface area contributed by atoms with E-state index in [1.165, 1.54) is 18.2 Å². The molecule has 0 saturated heterocycles. The molecule has 0 amide bonds. The summed E-state index contributed by atoms with van der Waals surface area (Å²) in [6, 6.07) is 4.19. The zero-order valence-electron chi connectivity index (χ0n) is 6.21. The Labute approximate surface area is 84.1 Å². The van der Waals surface area contributed by atoms with E-state index in [-0.39, 0.29) is 10.8 Å². The van der Waals surface area contributed by atoms with Gasteiger partial charge in [0.2, 0.25) is 0 Å². The summed E-state index contributed by atoms with van der Waals surface area (Å²) in [7, 11) is -1.96. The molecule has 0 atom stereocenters.